The third kappa shape index (κ3) is 4.45. The Bertz CT molecular complexity index is 433. The second kappa shape index (κ2) is 7.79. The highest BCUT2D eigenvalue weighted by atomic mass is 16.5. The van der Waals surface area contributed by atoms with Gasteiger partial charge in [0, 0.05) is 25.8 Å². The van der Waals surface area contributed by atoms with Gasteiger partial charge in [-0.25, -0.2) is 9.97 Å². The van der Waals surface area contributed by atoms with Gasteiger partial charge in [-0.15, -0.1) is 0 Å². The van der Waals surface area contributed by atoms with E-state index in [1.54, 1.807) is 6.07 Å². The average Bonchev–Trinajstić information content (AvgIpc) is 2.99. The van der Waals surface area contributed by atoms with Crippen LogP contribution < -0.4 is 10.6 Å². The number of nitrogens with zero attached hydrogens (tertiary/aromatic N) is 2. The number of aromatic nitrogens is 2. The quantitative estimate of drug-likeness (QED) is 0.741. The fourth-order valence-electron chi connectivity index (χ4n) is 2.07. The molecule has 2 N–H and O–H groups in total. The highest BCUT2D eigenvalue weighted by Gasteiger charge is 2.17. The molecule has 1 aromatic rings. The Morgan fingerprint density at radius 1 is 1.50 bits per heavy atom. The molecule has 1 atom stereocenters. The van der Waals surface area contributed by atoms with E-state index in [1.165, 1.54) is 6.33 Å². The van der Waals surface area contributed by atoms with Gasteiger partial charge in [0.25, 0.3) is 5.91 Å². The molecule has 0 radical (unpaired) electrons. The maximum atomic E-state index is 12.0. The van der Waals surface area contributed by atoms with Crippen molar-refractivity contribution in [1.29, 1.82) is 0 Å². The maximum absolute atomic E-state index is 12.0. The molecule has 2 rings (SSSR count). The molecule has 6 nitrogen and oxygen atoms in total. The van der Waals surface area contributed by atoms with E-state index in [0.29, 0.717) is 18.1 Å². The lowest BCUT2D eigenvalue weighted by Crippen LogP contribution is -2.32. The van der Waals surface area contributed by atoms with Gasteiger partial charge >= 0.3 is 0 Å². The van der Waals surface area contributed by atoms with Crippen LogP contribution >= 0.6 is 0 Å². The summed E-state index contributed by atoms with van der Waals surface area (Å²) in [6.45, 7) is 4.32. The van der Waals surface area contributed by atoms with E-state index >= 15 is 0 Å². The Morgan fingerprint density at radius 2 is 2.40 bits per heavy atom. The van der Waals surface area contributed by atoms with Gasteiger partial charge in [0.1, 0.15) is 17.8 Å². The fourth-order valence-corrected chi connectivity index (χ4v) is 2.07. The summed E-state index contributed by atoms with van der Waals surface area (Å²) < 4.78 is 5.47. The first-order valence-corrected chi connectivity index (χ1v) is 7.25. The molecule has 1 aromatic heterocycles. The van der Waals surface area contributed by atoms with Gasteiger partial charge in [-0.2, -0.15) is 0 Å². The van der Waals surface area contributed by atoms with Gasteiger partial charge in [0.05, 0.1) is 6.10 Å². The summed E-state index contributed by atoms with van der Waals surface area (Å²) in [6.07, 6.45) is 5.82. The van der Waals surface area contributed by atoms with Crippen molar-refractivity contribution in [2.45, 2.75) is 38.7 Å². The van der Waals surface area contributed by atoms with Crippen LogP contribution in [-0.4, -0.2) is 41.7 Å². The molecule has 0 saturated carbocycles. The molecule has 1 aliphatic heterocycles. The van der Waals surface area contributed by atoms with Crippen molar-refractivity contribution in [2.75, 3.05) is 25.0 Å². The summed E-state index contributed by atoms with van der Waals surface area (Å²) in [4.78, 5) is 20.1. The van der Waals surface area contributed by atoms with Crippen molar-refractivity contribution < 1.29 is 9.53 Å². The number of unbranched alkanes of at least 4 members (excludes halogenated alkanes) is 1. The summed E-state index contributed by atoms with van der Waals surface area (Å²) in [5, 5.41) is 6.04. The highest BCUT2D eigenvalue weighted by Crippen LogP contribution is 2.11. The largest absolute Gasteiger partial charge is 0.376 e. The van der Waals surface area contributed by atoms with Crippen molar-refractivity contribution in [3.05, 3.63) is 18.1 Å². The number of carbonyl (C=O) groups is 1. The molecule has 1 amide bonds. The zero-order valence-corrected chi connectivity index (χ0v) is 11.9. The minimum absolute atomic E-state index is 0.142. The van der Waals surface area contributed by atoms with E-state index in [-0.39, 0.29) is 12.0 Å². The third-order valence-corrected chi connectivity index (χ3v) is 3.25. The Morgan fingerprint density at radius 3 is 3.15 bits per heavy atom. The lowest BCUT2D eigenvalue weighted by molar-refractivity contribution is 0.0853. The number of anilines is 1. The molecular formula is C14H22N4O2. The SMILES string of the molecule is CCCCNc1cc(C(=O)NCC2CCCO2)ncn1. The van der Waals surface area contributed by atoms with Crippen LogP contribution in [0.1, 0.15) is 43.1 Å². The first kappa shape index (κ1) is 14.7. The monoisotopic (exact) mass is 278 g/mol. The van der Waals surface area contributed by atoms with Crippen molar-refractivity contribution in [1.82, 2.24) is 15.3 Å². The number of rotatable bonds is 7. The van der Waals surface area contributed by atoms with Gasteiger partial charge in [-0.05, 0) is 19.3 Å². The summed E-state index contributed by atoms with van der Waals surface area (Å²) in [5.41, 5.74) is 0.386. The van der Waals surface area contributed by atoms with Crippen molar-refractivity contribution in [3.8, 4) is 0 Å². The van der Waals surface area contributed by atoms with Gasteiger partial charge < -0.3 is 15.4 Å². The van der Waals surface area contributed by atoms with Crippen LogP contribution in [0.2, 0.25) is 0 Å². The molecule has 2 heterocycles. The fraction of sp³-hybridized carbons (Fsp3) is 0.643. The number of hydrogen-bond donors (Lipinski definition) is 2. The smallest absolute Gasteiger partial charge is 0.270 e. The molecule has 0 aromatic carbocycles. The standard InChI is InChI=1S/C14H22N4O2/c1-2-3-6-15-13-8-12(17-10-18-13)14(19)16-9-11-5-4-7-20-11/h8,10-11H,2-7,9H2,1H3,(H,16,19)(H,15,17,18). The molecule has 1 fully saturated rings. The summed E-state index contributed by atoms with van der Waals surface area (Å²) in [7, 11) is 0. The van der Waals surface area contributed by atoms with Gasteiger partial charge in [-0.3, -0.25) is 4.79 Å². The van der Waals surface area contributed by atoms with Gasteiger partial charge in [-0.1, -0.05) is 13.3 Å². The summed E-state index contributed by atoms with van der Waals surface area (Å²) in [5.74, 6) is 0.511. The van der Waals surface area contributed by atoms with Crippen molar-refractivity contribution in [2.24, 2.45) is 0 Å². The Kier molecular flexibility index (Phi) is 5.73. The van der Waals surface area contributed by atoms with Gasteiger partial charge in [0.15, 0.2) is 0 Å². The van der Waals surface area contributed by atoms with Crippen LogP contribution in [0, 0.1) is 0 Å². The molecule has 1 aliphatic rings. The Balaban J connectivity index is 1.83. The zero-order chi connectivity index (χ0) is 14.2. The highest BCUT2D eigenvalue weighted by molar-refractivity contribution is 5.92. The number of ether oxygens (including phenoxy) is 1. The molecular weight excluding hydrogens is 256 g/mol. The molecule has 0 aliphatic carbocycles. The third-order valence-electron chi connectivity index (χ3n) is 3.25. The number of hydrogen-bond acceptors (Lipinski definition) is 5. The molecule has 1 unspecified atom stereocenters. The molecule has 0 spiro atoms. The van der Waals surface area contributed by atoms with Gasteiger partial charge in [0.2, 0.25) is 0 Å². The van der Waals surface area contributed by atoms with E-state index in [0.717, 1.165) is 38.8 Å². The normalized spacial score (nSPS) is 17.9. The van der Waals surface area contributed by atoms with E-state index in [9.17, 15) is 4.79 Å². The number of amides is 1. The second-order valence-corrected chi connectivity index (χ2v) is 4.91. The molecule has 1 saturated heterocycles. The van der Waals surface area contributed by atoms with Crippen molar-refractivity contribution in [3.63, 3.8) is 0 Å². The zero-order valence-electron chi connectivity index (χ0n) is 11.9. The Labute approximate surface area is 119 Å². The number of carbonyl (C=O) groups excluding carboxylic acids is 1. The lowest BCUT2D eigenvalue weighted by atomic mass is 10.2. The summed E-state index contributed by atoms with van der Waals surface area (Å²) in [6, 6.07) is 1.68. The molecule has 20 heavy (non-hydrogen) atoms. The van der Waals surface area contributed by atoms with Crippen LogP contribution in [0.25, 0.3) is 0 Å². The van der Waals surface area contributed by atoms with Crippen molar-refractivity contribution >= 4 is 11.7 Å². The van der Waals surface area contributed by atoms with Crippen LogP contribution in [0.3, 0.4) is 0 Å². The maximum Gasteiger partial charge on any atom is 0.270 e. The van der Waals surface area contributed by atoms with Crippen LogP contribution in [0.4, 0.5) is 5.82 Å². The van der Waals surface area contributed by atoms with Crippen LogP contribution in [-0.2, 0) is 4.74 Å². The molecule has 6 heteroatoms. The first-order valence-electron chi connectivity index (χ1n) is 7.25. The lowest BCUT2D eigenvalue weighted by Gasteiger charge is -2.11. The summed E-state index contributed by atoms with van der Waals surface area (Å²) >= 11 is 0. The molecule has 110 valence electrons. The predicted molar refractivity (Wildman–Crippen MR) is 76.7 cm³/mol. The minimum Gasteiger partial charge on any atom is -0.376 e. The second-order valence-electron chi connectivity index (χ2n) is 4.91. The first-order chi connectivity index (χ1) is 9.79. The van der Waals surface area contributed by atoms with Crippen LogP contribution in [0.5, 0.6) is 0 Å². The van der Waals surface area contributed by atoms with Crippen LogP contribution in [0.15, 0.2) is 12.4 Å². The van der Waals surface area contributed by atoms with E-state index in [4.69, 9.17) is 4.74 Å². The number of nitrogens with one attached hydrogen (secondary N) is 2. The minimum atomic E-state index is -0.179. The topological polar surface area (TPSA) is 76.1 Å². The van der Waals surface area contributed by atoms with E-state index in [2.05, 4.69) is 27.5 Å². The molecule has 0 bridgehead atoms. The van der Waals surface area contributed by atoms with E-state index < -0.39 is 0 Å². The van der Waals surface area contributed by atoms with E-state index in [1.807, 2.05) is 0 Å². The Hall–Kier alpha value is -1.69. The predicted octanol–water partition coefficient (Wildman–Crippen LogP) is 1.60. The average molecular weight is 278 g/mol.